The Morgan fingerprint density at radius 2 is 2.07 bits per heavy atom. The van der Waals surface area contributed by atoms with Crippen LogP contribution in [0.25, 0.3) is 11.3 Å². The van der Waals surface area contributed by atoms with Crippen molar-refractivity contribution < 1.29 is 28.2 Å². The van der Waals surface area contributed by atoms with E-state index in [0.29, 0.717) is 18.8 Å². The van der Waals surface area contributed by atoms with Gasteiger partial charge in [-0.3, -0.25) is 4.79 Å². The number of fused-ring (bicyclic) bond motifs is 1. The molecule has 30 heavy (non-hydrogen) atoms. The van der Waals surface area contributed by atoms with Crippen LogP contribution in [0.5, 0.6) is 0 Å². The molecule has 2 aliphatic heterocycles. The maximum absolute atomic E-state index is 15.3. The number of benzene rings is 1. The number of carbonyl (C=O) groups is 2. The second kappa shape index (κ2) is 7.94. The highest BCUT2D eigenvalue weighted by atomic mass is 19.1. The highest BCUT2D eigenvalue weighted by Crippen LogP contribution is 2.33. The molecule has 2 aliphatic rings. The predicted molar refractivity (Wildman–Crippen MR) is 102 cm³/mol. The zero-order chi connectivity index (χ0) is 21.4. The molecule has 1 aromatic heterocycles. The van der Waals surface area contributed by atoms with Crippen LogP contribution in [0.3, 0.4) is 0 Å². The molecule has 0 bridgehead atoms. The molecule has 1 atom stereocenters. The summed E-state index contributed by atoms with van der Waals surface area (Å²) in [5.41, 5.74) is -0.346. The van der Waals surface area contributed by atoms with Crippen LogP contribution in [-0.2, 0) is 16.1 Å². The van der Waals surface area contributed by atoms with Gasteiger partial charge in [-0.1, -0.05) is 6.07 Å². The maximum Gasteiger partial charge on any atom is 0.326 e. The monoisotopic (exact) mass is 418 g/mol. The number of anilines is 1. The molecule has 0 saturated carbocycles. The Bertz CT molecular complexity index is 1010. The summed E-state index contributed by atoms with van der Waals surface area (Å²) in [4.78, 5) is 33.0. The van der Waals surface area contributed by atoms with Crippen molar-refractivity contribution in [2.75, 3.05) is 18.5 Å². The topological polar surface area (TPSA) is 105 Å². The van der Waals surface area contributed by atoms with Crippen molar-refractivity contribution in [3.8, 4) is 11.3 Å². The number of rotatable bonds is 5. The molecule has 1 fully saturated rings. The molecule has 8 nitrogen and oxygen atoms in total. The van der Waals surface area contributed by atoms with Crippen molar-refractivity contribution in [3.63, 3.8) is 0 Å². The second-order valence-corrected chi connectivity index (χ2v) is 7.33. The molecule has 0 radical (unpaired) electrons. The average Bonchev–Trinajstić information content (AvgIpc) is 3.07. The van der Waals surface area contributed by atoms with Gasteiger partial charge in [0.05, 0.1) is 11.8 Å². The summed E-state index contributed by atoms with van der Waals surface area (Å²) < 4.78 is 35.0. The number of halogens is 2. The third-order valence-corrected chi connectivity index (χ3v) is 5.42. The van der Waals surface area contributed by atoms with Gasteiger partial charge in [-0.15, -0.1) is 0 Å². The van der Waals surface area contributed by atoms with Crippen molar-refractivity contribution in [2.24, 2.45) is 0 Å². The fourth-order valence-corrected chi connectivity index (χ4v) is 3.66. The fourth-order valence-electron chi connectivity index (χ4n) is 3.66. The van der Waals surface area contributed by atoms with Crippen LogP contribution in [0.15, 0.2) is 18.3 Å². The first kappa shape index (κ1) is 20.1. The number of ether oxygens (including phenoxy) is 1. The average molecular weight is 418 g/mol. The van der Waals surface area contributed by atoms with Crippen molar-refractivity contribution >= 4 is 17.8 Å². The van der Waals surface area contributed by atoms with Crippen LogP contribution >= 0.6 is 0 Å². The van der Waals surface area contributed by atoms with Crippen molar-refractivity contribution in [1.29, 1.82) is 0 Å². The van der Waals surface area contributed by atoms with E-state index in [2.05, 4.69) is 15.3 Å². The molecule has 1 aromatic carbocycles. The third kappa shape index (κ3) is 3.58. The van der Waals surface area contributed by atoms with Crippen LogP contribution in [0.1, 0.15) is 35.7 Å². The standard InChI is InChI=1S/C20H20F2N4O4/c1-10(19(28)29)26-9-11-2-3-13(16(22)15(11)18(26)27)17-14(21)8-23-20(25-17)24-12-4-6-30-7-5-12/h2-3,8,10,12H,4-7,9H2,1H3,(H,28,29)(H,23,24,25)/t10-/m1/s1. The number of carboxylic acid groups (broad SMARTS) is 1. The van der Waals surface area contributed by atoms with Crippen LogP contribution in [0.4, 0.5) is 14.7 Å². The summed E-state index contributed by atoms with van der Waals surface area (Å²) in [6.45, 7) is 2.52. The molecule has 2 N–H and O–H groups in total. The van der Waals surface area contributed by atoms with E-state index in [-0.39, 0.29) is 35.4 Å². The van der Waals surface area contributed by atoms with Crippen LogP contribution in [0, 0.1) is 11.6 Å². The van der Waals surface area contributed by atoms with Crippen LogP contribution < -0.4 is 5.32 Å². The molecule has 0 aliphatic carbocycles. The summed E-state index contributed by atoms with van der Waals surface area (Å²) >= 11 is 0. The van der Waals surface area contributed by atoms with E-state index >= 15 is 4.39 Å². The fraction of sp³-hybridized carbons (Fsp3) is 0.400. The summed E-state index contributed by atoms with van der Waals surface area (Å²) in [5.74, 6) is -3.53. The maximum atomic E-state index is 15.3. The number of nitrogens with one attached hydrogen (secondary N) is 1. The number of nitrogens with zero attached hydrogens (tertiary/aromatic N) is 3. The van der Waals surface area contributed by atoms with Crippen LogP contribution in [-0.4, -0.2) is 57.1 Å². The van der Waals surface area contributed by atoms with Gasteiger partial charge >= 0.3 is 5.97 Å². The van der Waals surface area contributed by atoms with E-state index in [1.165, 1.54) is 19.1 Å². The lowest BCUT2D eigenvalue weighted by Crippen LogP contribution is -2.39. The zero-order valence-electron chi connectivity index (χ0n) is 16.2. The zero-order valence-corrected chi connectivity index (χ0v) is 16.2. The SMILES string of the molecule is C[C@H](C(=O)O)N1Cc2ccc(-c3nc(NC4CCOCC4)ncc3F)c(F)c2C1=O. The molecule has 158 valence electrons. The second-order valence-electron chi connectivity index (χ2n) is 7.33. The highest BCUT2D eigenvalue weighted by molar-refractivity contribution is 6.01. The Hall–Kier alpha value is -3.14. The van der Waals surface area contributed by atoms with Gasteiger partial charge in [0.2, 0.25) is 5.95 Å². The Morgan fingerprint density at radius 1 is 1.33 bits per heavy atom. The molecule has 0 unspecified atom stereocenters. The Morgan fingerprint density at radius 3 is 2.77 bits per heavy atom. The molecule has 1 saturated heterocycles. The largest absolute Gasteiger partial charge is 0.480 e. The first-order valence-electron chi connectivity index (χ1n) is 9.59. The van der Waals surface area contributed by atoms with E-state index < -0.39 is 29.6 Å². The lowest BCUT2D eigenvalue weighted by molar-refractivity contribution is -0.141. The van der Waals surface area contributed by atoms with Gasteiger partial charge in [0.1, 0.15) is 17.6 Å². The van der Waals surface area contributed by atoms with E-state index in [1.807, 2.05) is 0 Å². The number of hydrogen-bond donors (Lipinski definition) is 2. The van der Waals surface area contributed by atoms with Crippen molar-refractivity contribution in [2.45, 2.75) is 38.4 Å². The number of carbonyl (C=O) groups excluding carboxylic acids is 1. The molecule has 10 heteroatoms. The molecular weight excluding hydrogens is 398 g/mol. The first-order chi connectivity index (χ1) is 14.4. The summed E-state index contributed by atoms with van der Waals surface area (Å²) in [7, 11) is 0. The number of aromatic nitrogens is 2. The third-order valence-electron chi connectivity index (χ3n) is 5.42. The Balaban J connectivity index is 1.67. The van der Waals surface area contributed by atoms with Gasteiger partial charge in [0, 0.05) is 31.4 Å². The van der Waals surface area contributed by atoms with E-state index in [4.69, 9.17) is 4.74 Å². The predicted octanol–water partition coefficient (Wildman–Crippen LogP) is 2.44. The summed E-state index contributed by atoms with van der Waals surface area (Å²) in [6, 6.07) is 1.79. The molecule has 4 rings (SSSR count). The molecule has 2 aromatic rings. The van der Waals surface area contributed by atoms with E-state index in [9.17, 15) is 19.1 Å². The number of carboxylic acids is 1. The van der Waals surface area contributed by atoms with Gasteiger partial charge in [-0.05, 0) is 31.4 Å². The smallest absolute Gasteiger partial charge is 0.326 e. The van der Waals surface area contributed by atoms with Gasteiger partial charge < -0.3 is 20.1 Å². The van der Waals surface area contributed by atoms with Gasteiger partial charge in [0.25, 0.3) is 5.91 Å². The van der Waals surface area contributed by atoms with Crippen molar-refractivity contribution in [3.05, 3.63) is 41.1 Å². The van der Waals surface area contributed by atoms with E-state index in [1.54, 1.807) is 0 Å². The lowest BCUT2D eigenvalue weighted by atomic mass is 10.0. The molecule has 3 heterocycles. The normalized spacial score (nSPS) is 17.7. The number of amides is 1. The molecular formula is C20H20F2N4O4. The molecule has 1 amide bonds. The summed E-state index contributed by atoms with van der Waals surface area (Å²) in [6.07, 6.45) is 2.45. The molecule has 0 spiro atoms. The van der Waals surface area contributed by atoms with Crippen molar-refractivity contribution in [1.82, 2.24) is 14.9 Å². The Labute approximate surface area is 170 Å². The first-order valence-corrected chi connectivity index (χ1v) is 9.59. The number of hydrogen-bond acceptors (Lipinski definition) is 6. The minimum Gasteiger partial charge on any atom is -0.480 e. The minimum absolute atomic E-state index is 0.0261. The lowest BCUT2D eigenvalue weighted by Gasteiger charge is -2.23. The van der Waals surface area contributed by atoms with E-state index in [0.717, 1.165) is 23.9 Å². The minimum atomic E-state index is -1.19. The van der Waals surface area contributed by atoms with Crippen LogP contribution in [0.2, 0.25) is 0 Å². The Kier molecular flexibility index (Phi) is 5.33. The number of aliphatic carboxylic acids is 1. The highest BCUT2D eigenvalue weighted by Gasteiger charge is 2.37. The van der Waals surface area contributed by atoms with Gasteiger partial charge in [0.15, 0.2) is 5.82 Å². The summed E-state index contributed by atoms with van der Waals surface area (Å²) in [5, 5.41) is 12.3. The van der Waals surface area contributed by atoms with Gasteiger partial charge in [-0.2, -0.15) is 0 Å². The quantitative estimate of drug-likeness (QED) is 0.769. The van der Waals surface area contributed by atoms with Gasteiger partial charge in [-0.25, -0.2) is 23.5 Å².